The molecule has 7 heteroatoms. The van der Waals surface area contributed by atoms with Gasteiger partial charge in [-0.15, -0.1) is 0 Å². The van der Waals surface area contributed by atoms with E-state index in [1.165, 1.54) is 6.33 Å². The Labute approximate surface area is 108 Å². The molecule has 0 fully saturated rings. The van der Waals surface area contributed by atoms with Crippen molar-refractivity contribution >= 4 is 23.5 Å². The fourth-order valence-corrected chi connectivity index (χ4v) is 1.45. The highest BCUT2D eigenvalue weighted by Gasteiger charge is 2.16. The number of para-hydroxylation sites is 1. The molecular formula is C11H11ClN4O2. The molecule has 18 heavy (non-hydrogen) atoms. The molecule has 0 saturated carbocycles. The van der Waals surface area contributed by atoms with Crippen LogP contribution in [0.5, 0.6) is 5.75 Å². The Morgan fingerprint density at radius 2 is 2.28 bits per heavy atom. The normalized spacial score (nSPS) is 11.9. The number of benzene rings is 1. The van der Waals surface area contributed by atoms with Crippen molar-refractivity contribution in [1.82, 2.24) is 15.2 Å². The van der Waals surface area contributed by atoms with E-state index in [1.807, 2.05) is 0 Å². The van der Waals surface area contributed by atoms with Crippen LogP contribution >= 0.6 is 11.6 Å². The first-order chi connectivity index (χ1) is 8.66. The molecule has 0 bridgehead atoms. The molecule has 0 saturated heterocycles. The number of aromatic nitrogens is 3. The minimum atomic E-state index is -0.699. The number of carbonyl (C=O) groups excluding carboxylic acids is 1. The number of hydrogen-bond donors (Lipinski definition) is 2. The van der Waals surface area contributed by atoms with Crippen LogP contribution < -0.4 is 10.1 Å². The summed E-state index contributed by atoms with van der Waals surface area (Å²) in [6, 6.07) is 6.95. The summed E-state index contributed by atoms with van der Waals surface area (Å²) in [5.41, 5.74) is 0. The summed E-state index contributed by atoms with van der Waals surface area (Å²) in [7, 11) is 0. The van der Waals surface area contributed by atoms with Gasteiger partial charge in [0.1, 0.15) is 12.1 Å². The molecule has 0 aliphatic heterocycles. The first-order valence-electron chi connectivity index (χ1n) is 5.24. The minimum Gasteiger partial charge on any atom is -0.479 e. The highest BCUT2D eigenvalue weighted by Crippen LogP contribution is 2.24. The lowest BCUT2D eigenvalue weighted by Crippen LogP contribution is -2.30. The van der Waals surface area contributed by atoms with Gasteiger partial charge in [0.2, 0.25) is 5.95 Å². The van der Waals surface area contributed by atoms with Crippen molar-refractivity contribution in [1.29, 1.82) is 0 Å². The standard InChI is InChI=1S/C11H11ClN4O2/c1-7(10(17)15-11-13-6-14-16-11)18-9-5-3-2-4-8(9)12/h2-7H,1H3,(H2,13,14,15,16,17)/t7-/m0/s1. The third-order valence-electron chi connectivity index (χ3n) is 2.17. The first-order valence-corrected chi connectivity index (χ1v) is 5.62. The molecule has 1 aromatic heterocycles. The van der Waals surface area contributed by atoms with Crippen molar-refractivity contribution in [3.63, 3.8) is 0 Å². The quantitative estimate of drug-likeness (QED) is 0.885. The third-order valence-corrected chi connectivity index (χ3v) is 2.48. The minimum absolute atomic E-state index is 0.273. The van der Waals surface area contributed by atoms with Crippen molar-refractivity contribution in [2.75, 3.05) is 5.32 Å². The number of anilines is 1. The summed E-state index contributed by atoms with van der Waals surface area (Å²) in [6.45, 7) is 1.62. The maximum atomic E-state index is 11.8. The molecule has 1 atom stereocenters. The zero-order valence-corrected chi connectivity index (χ0v) is 10.3. The Hall–Kier alpha value is -2.08. The number of H-pyrrole nitrogens is 1. The number of nitrogens with zero attached hydrogens (tertiary/aromatic N) is 2. The molecule has 2 rings (SSSR count). The predicted molar refractivity (Wildman–Crippen MR) is 66.6 cm³/mol. The van der Waals surface area contributed by atoms with Crippen molar-refractivity contribution in [3.8, 4) is 5.75 Å². The van der Waals surface area contributed by atoms with Crippen LogP contribution in [0.15, 0.2) is 30.6 Å². The third kappa shape index (κ3) is 2.98. The van der Waals surface area contributed by atoms with E-state index in [2.05, 4.69) is 20.5 Å². The SMILES string of the molecule is C[C@H](Oc1ccccc1Cl)C(=O)Nc1ncn[nH]1. The van der Waals surface area contributed by atoms with E-state index in [9.17, 15) is 4.79 Å². The highest BCUT2D eigenvalue weighted by molar-refractivity contribution is 6.32. The average molecular weight is 267 g/mol. The Bertz CT molecular complexity index is 530. The smallest absolute Gasteiger partial charge is 0.267 e. The summed E-state index contributed by atoms with van der Waals surface area (Å²) < 4.78 is 5.45. The lowest BCUT2D eigenvalue weighted by atomic mass is 10.3. The van der Waals surface area contributed by atoms with Gasteiger partial charge in [0.25, 0.3) is 5.91 Å². The fraction of sp³-hybridized carbons (Fsp3) is 0.182. The van der Waals surface area contributed by atoms with Gasteiger partial charge in [0, 0.05) is 0 Å². The van der Waals surface area contributed by atoms with Gasteiger partial charge in [-0.05, 0) is 19.1 Å². The van der Waals surface area contributed by atoms with E-state index in [0.717, 1.165) is 0 Å². The Balaban J connectivity index is 1.97. The number of ether oxygens (including phenoxy) is 1. The molecule has 6 nitrogen and oxygen atoms in total. The predicted octanol–water partition coefficient (Wildman–Crippen LogP) is 1.86. The summed E-state index contributed by atoms with van der Waals surface area (Å²) in [4.78, 5) is 15.5. The van der Waals surface area contributed by atoms with Crippen molar-refractivity contribution in [2.24, 2.45) is 0 Å². The molecule has 2 N–H and O–H groups in total. The zero-order valence-electron chi connectivity index (χ0n) is 9.55. The number of carbonyl (C=O) groups is 1. The van der Waals surface area contributed by atoms with E-state index >= 15 is 0 Å². The van der Waals surface area contributed by atoms with Gasteiger partial charge in [-0.25, -0.2) is 5.10 Å². The van der Waals surface area contributed by atoms with Gasteiger partial charge in [0.05, 0.1) is 5.02 Å². The monoisotopic (exact) mass is 266 g/mol. The molecule has 1 heterocycles. The Morgan fingerprint density at radius 1 is 1.50 bits per heavy atom. The van der Waals surface area contributed by atoms with Crippen LogP contribution in [0, 0.1) is 0 Å². The maximum Gasteiger partial charge on any atom is 0.267 e. The van der Waals surface area contributed by atoms with Gasteiger partial charge >= 0.3 is 0 Å². The van der Waals surface area contributed by atoms with Gasteiger partial charge in [0.15, 0.2) is 6.10 Å². The molecule has 2 aromatic rings. The van der Waals surface area contributed by atoms with Gasteiger partial charge in [-0.3, -0.25) is 10.1 Å². The molecular weight excluding hydrogens is 256 g/mol. The van der Waals surface area contributed by atoms with Gasteiger partial charge in [-0.2, -0.15) is 10.1 Å². The summed E-state index contributed by atoms with van der Waals surface area (Å²) in [5, 5.41) is 9.12. The highest BCUT2D eigenvalue weighted by atomic mass is 35.5. The number of rotatable bonds is 4. The molecule has 94 valence electrons. The molecule has 0 aliphatic rings. The fourth-order valence-electron chi connectivity index (χ4n) is 1.27. The van der Waals surface area contributed by atoms with Crippen LogP contribution in [0.2, 0.25) is 5.02 Å². The summed E-state index contributed by atoms with van der Waals surface area (Å²) >= 11 is 5.93. The van der Waals surface area contributed by atoms with Crippen LogP contribution in [0.4, 0.5) is 5.95 Å². The molecule has 0 radical (unpaired) electrons. The van der Waals surface area contributed by atoms with E-state index in [4.69, 9.17) is 16.3 Å². The average Bonchev–Trinajstić information content (AvgIpc) is 2.84. The lowest BCUT2D eigenvalue weighted by molar-refractivity contribution is -0.122. The second-order valence-electron chi connectivity index (χ2n) is 3.51. The number of nitrogens with one attached hydrogen (secondary N) is 2. The van der Waals surface area contributed by atoms with E-state index in [-0.39, 0.29) is 11.9 Å². The number of amides is 1. The Morgan fingerprint density at radius 3 is 2.94 bits per heavy atom. The summed E-state index contributed by atoms with van der Waals surface area (Å²) in [5.74, 6) is 0.390. The van der Waals surface area contributed by atoms with E-state index in [1.54, 1.807) is 31.2 Å². The second-order valence-corrected chi connectivity index (χ2v) is 3.92. The molecule has 0 aliphatic carbocycles. The lowest BCUT2D eigenvalue weighted by Gasteiger charge is -2.14. The van der Waals surface area contributed by atoms with Crippen LogP contribution in [0.1, 0.15) is 6.92 Å². The summed E-state index contributed by atoms with van der Waals surface area (Å²) in [6.07, 6.45) is 0.602. The zero-order chi connectivity index (χ0) is 13.0. The van der Waals surface area contributed by atoms with Crippen molar-refractivity contribution in [2.45, 2.75) is 13.0 Å². The molecule has 0 spiro atoms. The second kappa shape index (κ2) is 5.50. The van der Waals surface area contributed by atoms with E-state index < -0.39 is 6.10 Å². The van der Waals surface area contributed by atoms with Crippen molar-refractivity contribution < 1.29 is 9.53 Å². The number of aromatic amines is 1. The maximum absolute atomic E-state index is 11.8. The van der Waals surface area contributed by atoms with Gasteiger partial charge in [-0.1, -0.05) is 23.7 Å². The molecule has 1 amide bonds. The molecule has 1 aromatic carbocycles. The first kappa shape index (κ1) is 12.4. The molecule has 0 unspecified atom stereocenters. The van der Waals surface area contributed by atoms with Crippen LogP contribution in [-0.2, 0) is 4.79 Å². The number of hydrogen-bond acceptors (Lipinski definition) is 4. The van der Waals surface area contributed by atoms with Crippen LogP contribution in [0.3, 0.4) is 0 Å². The largest absolute Gasteiger partial charge is 0.479 e. The number of halogens is 1. The van der Waals surface area contributed by atoms with Crippen LogP contribution in [-0.4, -0.2) is 27.2 Å². The van der Waals surface area contributed by atoms with Gasteiger partial charge < -0.3 is 4.74 Å². The Kier molecular flexibility index (Phi) is 3.78. The van der Waals surface area contributed by atoms with Crippen molar-refractivity contribution in [3.05, 3.63) is 35.6 Å². The van der Waals surface area contributed by atoms with E-state index in [0.29, 0.717) is 10.8 Å². The topological polar surface area (TPSA) is 79.9 Å². The van der Waals surface area contributed by atoms with Crippen LogP contribution in [0.25, 0.3) is 0 Å².